The molecular formula is C12H5Cl3N2O6. The Kier molecular flexibility index (Phi) is 4.51. The van der Waals surface area contributed by atoms with E-state index in [-0.39, 0.29) is 20.8 Å². The molecule has 120 valence electrons. The van der Waals surface area contributed by atoms with Crippen molar-refractivity contribution in [1.82, 2.24) is 9.55 Å². The average Bonchev–Trinajstić information content (AvgIpc) is 2.42. The molecule has 0 amide bonds. The number of H-pyrrole nitrogens is 1. The SMILES string of the molecule is O=C(O)c1c(C(=O)O)n(-c2cc(Cl)c(Cl)cc2Cl)c(=O)[nH]c1=O. The molecule has 1 heterocycles. The van der Waals surface area contributed by atoms with E-state index in [0.717, 1.165) is 12.1 Å². The summed E-state index contributed by atoms with van der Waals surface area (Å²) >= 11 is 17.5. The van der Waals surface area contributed by atoms with Crippen molar-refractivity contribution in [3.8, 4) is 5.69 Å². The van der Waals surface area contributed by atoms with Gasteiger partial charge in [-0.25, -0.2) is 14.4 Å². The van der Waals surface area contributed by atoms with Crippen molar-refractivity contribution in [2.24, 2.45) is 0 Å². The zero-order chi connectivity index (χ0) is 17.5. The fourth-order valence-corrected chi connectivity index (χ4v) is 2.48. The Hall–Kier alpha value is -2.29. The van der Waals surface area contributed by atoms with E-state index in [4.69, 9.17) is 39.9 Å². The third-order valence-corrected chi connectivity index (χ3v) is 3.78. The number of aromatic nitrogens is 2. The highest BCUT2D eigenvalue weighted by Crippen LogP contribution is 2.31. The van der Waals surface area contributed by atoms with Gasteiger partial charge in [0.1, 0.15) is 0 Å². The minimum Gasteiger partial charge on any atom is -0.477 e. The van der Waals surface area contributed by atoms with Crippen LogP contribution in [-0.4, -0.2) is 31.7 Å². The lowest BCUT2D eigenvalue weighted by Gasteiger charge is -2.13. The number of carbonyl (C=O) groups is 2. The number of benzene rings is 1. The minimum atomic E-state index is -1.83. The first-order chi connectivity index (χ1) is 10.6. The Balaban J connectivity index is 3.05. The Morgan fingerprint density at radius 2 is 1.52 bits per heavy atom. The summed E-state index contributed by atoms with van der Waals surface area (Å²) in [7, 11) is 0. The van der Waals surface area contributed by atoms with Gasteiger partial charge in [-0.05, 0) is 12.1 Å². The summed E-state index contributed by atoms with van der Waals surface area (Å²) in [6.07, 6.45) is 0. The molecular weight excluding hydrogens is 374 g/mol. The van der Waals surface area contributed by atoms with Crippen LogP contribution in [0.15, 0.2) is 21.7 Å². The first kappa shape index (κ1) is 17.1. The number of carboxylic acids is 2. The smallest absolute Gasteiger partial charge is 0.354 e. The summed E-state index contributed by atoms with van der Waals surface area (Å²) in [5.41, 5.74) is -4.99. The predicted octanol–water partition coefficient (Wildman–Crippen LogP) is 1.88. The van der Waals surface area contributed by atoms with Crippen molar-refractivity contribution in [3.63, 3.8) is 0 Å². The third-order valence-electron chi connectivity index (χ3n) is 2.76. The fourth-order valence-electron chi connectivity index (χ4n) is 1.85. The van der Waals surface area contributed by atoms with Gasteiger partial charge in [0.05, 0.1) is 20.8 Å². The molecule has 3 N–H and O–H groups in total. The number of nitrogens with zero attached hydrogens (tertiary/aromatic N) is 1. The van der Waals surface area contributed by atoms with Crippen LogP contribution >= 0.6 is 34.8 Å². The van der Waals surface area contributed by atoms with Gasteiger partial charge in [-0.3, -0.25) is 14.3 Å². The molecule has 0 radical (unpaired) electrons. The lowest BCUT2D eigenvalue weighted by Crippen LogP contribution is -2.38. The van der Waals surface area contributed by atoms with E-state index in [1.807, 2.05) is 0 Å². The Morgan fingerprint density at radius 3 is 2.04 bits per heavy atom. The summed E-state index contributed by atoms with van der Waals surface area (Å²) in [5.74, 6) is -3.64. The number of nitrogens with one attached hydrogen (secondary N) is 1. The standard InChI is InChI=1S/C12H5Cl3N2O6/c13-3-1-5(15)6(2-4(3)14)17-8(11(21)22)7(10(19)20)9(18)16-12(17)23/h1-2H,(H,19,20)(H,21,22)(H,16,18,23). The molecule has 0 bridgehead atoms. The van der Waals surface area contributed by atoms with Crippen LogP contribution in [0.2, 0.25) is 15.1 Å². The second-order valence-corrected chi connectivity index (χ2v) is 5.37. The van der Waals surface area contributed by atoms with Gasteiger partial charge in [0.2, 0.25) is 0 Å². The molecule has 2 aromatic rings. The van der Waals surface area contributed by atoms with Crippen LogP contribution in [0, 0.1) is 0 Å². The number of hydrogen-bond donors (Lipinski definition) is 3. The van der Waals surface area contributed by atoms with Crippen LogP contribution in [0.1, 0.15) is 20.8 Å². The Morgan fingerprint density at radius 1 is 0.957 bits per heavy atom. The highest BCUT2D eigenvalue weighted by Gasteiger charge is 2.27. The Bertz CT molecular complexity index is 962. The summed E-state index contributed by atoms with van der Waals surface area (Å²) in [5, 5.41) is 18.1. The molecule has 0 saturated heterocycles. The van der Waals surface area contributed by atoms with Crippen LogP contribution in [0.5, 0.6) is 0 Å². The Labute approximate surface area is 141 Å². The molecule has 1 aromatic heterocycles. The van der Waals surface area contributed by atoms with Gasteiger partial charge < -0.3 is 10.2 Å². The molecule has 0 fully saturated rings. The fraction of sp³-hybridized carbons (Fsp3) is 0. The maximum absolute atomic E-state index is 12.0. The predicted molar refractivity (Wildman–Crippen MR) is 81.6 cm³/mol. The lowest BCUT2D eigenvalue weighted by atomic mass is 10.2. The number of hydrogen-bond acceptors (Lipinski definition) is 4. The molecule has 0 saturated carbocycles. The van der Waals surface area contributed by atoms with Crippen LogP contribution in [0.25, 0.3) is 5.69 Å². The molecule has 0 atom stereocenters. The second kappa shape index (κ2) is 6.07. The molecule has 0 aliphatic heterocycles. The lowest BCUT2D eigenvalue weighted by molar-refractivity contribution is 0.0640. The van der Waals surface area contributed by atoms with E-state index >= 15 is 0 Å². The first-order valence-corrected chi connectivity index (χ1v) is 6.79. The maximum Gasteiger partial charge on any atom is 0.354 e. The largest absolute Gasteiger partial charge is 0.477 e. The topological polar surface area (TPSA) is 129 Å². The first-order valence-electron chi connectivity index (χ1n) is 5.66. The zero-order valence-electron chi connectivity index (χ0n) is 10.8. The summed E-state index contributed by atoms with van der Waals surface area (Å²) in [6.45, 7) is 0. The van der Waals surface area contributed by atoms with Crippen LogP contribution < -0.4 is 11.2 Å². The van der Waals surface area contributed by atoms with Crippen LogP contribution in [-0.2, 0) is 0 Å². The van der Waals surface area contributed by atoms with Gasteiger partial charge in [-0.15, -0.1) is 0 Å². The molecule has 23 heavy (non-hydrogen) atoms. The maximum atomic E-state index is 12.0. The molecule has 11 heteroatoms. The van der Waals surface area contributed by atoms with Crippen molar-refractivity contribution < 1.29 is 19.8 Å². The highest BCUT2D eigenvalue weighted by molar-refractivity contribution is 6.43. The van der Waals surface area contributed by atoms with Crippen molar-refractivity contribution in [1.29, 1.82) is 0 Å². The number of aromatic amines is 1. The van der Waals surface area contributed by atoms with Gasteiger partial charge in [0.15, 0.2) is 11.3 Å². The zero-order valence-corrected chi connectivity index (χ0v) is 13.0. The van der Waals surface area contributed by atoms with Crippen molar-refractivity contribution in [2.75, 3.05) is 0 Å². The quantitative estimate of drug-likeness (QED) is 0.698. The van der Waals surface area contributed by atoms with Crippen LogP contribution in [0.4, 0.5) is 0 Å². The van der Waals surface area contributed by atoms with Gasteiger partial charge >= 0.3 is 17.6 Å². The number of carboxylic acid groups (broad SMARTS) is 2. The molecule has 0 aliphatic carbocycles. The normalized spacial score (nSPS) is 10.6. The second-order valence-electron chi connectivity index (χ2n) is 4.15. The molecule has 0 unspecified atom stereocenters. The minimum absolute atomic E-state index is 0.0354. The van der Waals surface area contributed by atoms with Crippen molar-refractivity contribution in [3.05, 3.63) is 59.3 Å². The van der Waals surface area contributed by atoms with Crippen molar-refractivity contribution in [2.45, 2.75) is 0 Å². The van der Waals surface area contributed by atoms with Gasteiger partial charge in [-0.1, -0.05) is 34.8 Å². The van der Waals surface area contributed by atoms with E-state index in [1.54, 1.807) is 4.98 Å². The van der Waals surface area contributed by atoms with E-state index < -0.39 is 34.4 Å². The van der Waals surface area contributed by atoms with E-state index in [9.17, 15) is 24.3 Å². The summed E-state index contributed by atoms with van der Waals surface area (Å²) in [6, 6.07) is 2.22. The van der Waals surface area contributed by atoms with Gasteiger partial charge in [0.25, 0.3) is 5.56 Å². The van der Waals surface area contributed by atoms with Crippen molar-refractivity contribution >= 4 is 46.7 Å². The average molecular weight is 380 g/mol. The number of halogens is 3. The van der Waals surface area contributed by atoms with Crippen LogP contribution in [0.3, 0.4) is 0 Å². The summed E-state index contributed by atoms with van der Waals surface area (Å²) < 4.78 is 0.428. The van der Waals surface area contributed by atoms with E-state index in [2.05, 4.69) is 0 Å². The van der Waals surface area contributed by atoms with E-state index in [0.29, 0.717) is 4.57 Å². The number of rotatable bonds is 3. The molecule has 8 nitrogen and oxygen atoms in total. The summed E-state index contributed by atoms with van der Waals surface area (Å²) in [4.78, 5) is 47.9. The molecule has 2 rings (SSSR count). The van der Waals surface area contributed by atoms with E-state index in [1.165, 1.54) is 0 Å². The van der Waals surface area contributed by atoms with Gasteiger partial charge in [0, 0.05) is 0 Å². The molecule has 0 spiro atoms. The molecule has 0 aliphatic rings. The monoisotopic (exact) mass is 378 g/mol. The third kappa shape index (κ3) is 2.96. The van der Waals surface area contributed by atoms with Gasteiger partial charge in [-0.2, -0.15) is 0 Å². The highest BCUT2D eigenvalue weighted by atomic mass is 35.5. The number of aromatic carboxylic acids is 2. The molecule has 1 aromatic carbocycles.